The Morgan fingerprint density at radius 2 is 2.21 bits per heavy atom. The fourth-order valence-corrected chi connectivity index (χ4v) is 2.20. The second-order valence-corrected chi connectivity index (χ2v) is 4.41. The minimum atomic E-state index is 0.171. The molecule has 0 heterocycles. The van der Waals surface area contributed by atoms with Gasteiger partial charge < -0.3 is 15.6 Å². The van der Waals surface area contributed by atoms with Crippen molar-refractivity contribution in [2.75, 3.05) is 7.11 Å². The van der Waals surface area contributed by atoms with Crippen LogP contribution in [0.3, 0.4) is 0 Å². The summed E-state index contributed by atoms with van der Waals surface area (Å²) < 4.78 is 5.95. The van der Waals surface area contributed by atoms with Crippen molar-refractivity contribution in [1.82, 2.24) is 0 Å². The van der Waals surface area contributed by atoms with E-state index in [-0.39, 0.29) is 11.8 Å². The number of nitrogens with two attached hydrogens (primary N) is 1. The lowest BCUT2D eigenvalue weighted by Crippen LogP contribution is -2.01. The maximum absolute atomic E-state index is 9.59. The van der Waals surface area contributed by atoms with E-state index in [1.54, 1.807) is 12.1 Å². The fourth-order valence-electron chi connectivity index (χ4n) is 1.58. The Morgan fingerprint density at radius 1 is 1.57 bits per heavy atom. The average Bonchev–Trinajstić information content (AvgIpc) is 2.86. The average molecular weight is 258 g/mol. The van der Waals surface area contributed by atoms with Gasteiger partial charge in [-0.1, -0.05) is 15.9 Å². The van der Waals surface area contributed by atoms with Gasteiger partial charge in [0.05, 0.1) is 7.11 Å². The van der Waals surface area contributed by atoms with Crippen molar-refractivity contribution in [3.63, 3.8) is 0 Å². The fraction of sp³-hybridized carbons (Fsp3) is 0.400. The highest BCUT2D eigenvalue weighted by atomic mass is 79.9. The molecule has 1 saturated carbocycles. The molecule has 14 heavy (non-hydrogen) atoms. The molecule has 0 bridgehead atoms. The third-order valence-electron chi connectivity index (χ3n) is 2.54. The number of ether oxygens (including phenoxy) is 1. The molecule has 2 rings (SSSR count). The second kappa shape index (κ2) is 3.44. The molecule has 1 aromatic carbocycles. The van der Waals surface area contributed by atoms with Crippen molar-refractivity contribution < 1.29 is 9.84 Å². The molecule has 3 nitrogen and oxygen atoms in total. The molecule has 4 heteroatoms. The Kier molecular flexibility index (Phi) is 2.41. The number of aromatic hydroxyl groups is 1. The largest absolute Gasteiger partial charge is 0.504 e. The van der Waals surface area contributed by atoms with Crippen molar-refractivity contribution in [1.29, 1.82) is 0 Å². The van der Waals surface area contributed by atoms with E-state index < -0.39 is 0 Å². The van der Waals surface area contributed by atoms with Crippen LogP contribution in [0.25, 0.3) is 0 Å². The monoisotopic (exact) mass is 257 g/mol. The summed E-state index contributed by atoms with van der Waals surface area (Å²) >= 11 is 3.44. The van der Waals surface area contributed by atoms with Crippen molar-refractivity contribution in [3.8, 4) is 11.5 Å². The van der Waals surface area contributed by atoms with Crippen LogP contribution < -0.4 is 10.5 Å². The summed E-state index contributed by atoms with van der Waals surface area (Å²) in [5.41, 5.74) is 6.82. The van der Waals surface area contributed by atoms with Crippen LogP contribution in [0.2, 0.25) is 0 Å². The molecule has 1 aliphatic carbocycles. The lowest BCUT2D eigenvalue weighted by molar-refractivity contribution is 0.372. The molecule has 1 aliphatic rings. The minimum Gasteiger partial charge on any atom is -0.504 e. The van der Waals surface area contributed by atoms with Crippen LogP contribution in [-0.2, 0) is 0 Å². The molecule has 0 unspecified atom stereocenters. The molecule has 0 radical (unpaired) electrons. The van der Waals surface area contributed by atoms with E-state index in [4.69, 9.17) is 10.5 Å². The molecular weight excluding hydrogens is 246 g/mol. The highest BCUT2D eigenvalue weighted by Crippen LogP contribution is 2.45. The summed E-state index contributed by atoms with van der Waals surface area (Å²) in [7, 11) is 1.53. The van der Waals surface area contributed by atoms with Crippen LogP contribution in [0, 0.1) is 0 Å². The van der Waals surface area contributed by atoms with E-state index in [2.05, 4.69) is 15.9 Å². The summed E-state index contributed by atoms with van der Waals surface area (Å²) in [6.07, 6.45) is 0.990. The molecule has 3 N–H and O–H groups in total. The Balaban J connectivity index is 2.38. The van der Waals surface area contributed by atoms with Gasteiger partial charge in [0.25, 0.3) is 0 Å². The Bertz CT molecular complexity index is 367. The predicted molar refractivity (Wildman–Crippen MR) is 57.7 cm³/mol. The summed E-state index contributed by atoms with van der Waals surface area (Å²) in [5.74, 6) is 1.03. The van der Waals surface area contributed by atoms with Gasteiger partial charge in [-0.15, -0.1) is 0 Å². The number of methoxy groups -OCH3 is 1. The van der Waals surface area contributed by atoms with Crippen molar-refractivity contribution in [2.24, 2.45) is 5.73 Å². The maximum Gasteiger partial charge on any atom is 0.161 e. The molecule has 1 aromatic rings. The normalized spacial score (nSPS) is 24.8. The molecule has 0 spiro atoms. The van der Waals surface area contributed by atoms with Gasteiger partial charge in [-0.2, -0.15) is 0 Å². The zero-order chi connectivity index (χ0) is 10.3. The minimum absolute atomic E-state index is 0.171. The van der Waals surface area contributed by atoms with Crippen LogP contribution in [-0.4, -0.2) is 18.3 Å². The lowest BCUT2D eigenvalue weighted by atomic mass is 10.1. The first kappa shape index (κ1) is 9.80. The van der Waals surface area contributed by atoms with Gasteiger partial charge in [-0.3, -0.25) is 0 Å². The number of hydrogen-bond donors (Lipinski definition) is 2. The molecular formula is C10H12BrNO2. The predicted octanol–water partition coefficient (Wildman–Crippen LogP) is 1.98. The lowest BCUT2D eigenvalue weighted by Gasteiger charge is -2.08. The third-order valence-corrected chi connectivity index (χ3v) is 3.22. The SMILES string of the molecule is COc1cc(Br)c([C@@H]2C[C@H]2N)cc1O. The van der Waals surface area contributed by atoms with E-state index in [1.165, 1.54) is 7.11 Å². The zero-order valence-electron chi connectivity index (χ0n) is 7.83. The number of phenolic OH excluding ortho intramolecular Hbond substituents is 1. The summed E-state index contributed by atoms with van der Waals surface area (Å²) in [5, 5.41) is 9.59. The number of rotatable bonds is 2. The van der Waals surface area contributed by atoms with Crippen LogP contribution >= 0.6 is 15.9 Å². The molecule has 2 atom stereocenters. The van der Waals surface area contributed by atoms with Gasteiger partial charge in [-0.05, 0) is 24.1 Å². The zero-order valence-corrected chi connectivity index (χ0v) is 9.41. The van der Waals surface area contributed by atoms with Crippen molar-refractivity contribution in [2.45, 2.75) is 18.4 Å². The van der Waals surface area contributed by atoms with Gasteiger partial charge in [0.1, 0.15) is 0 Å². The highest BCUT2D eigenvalue weighted by molar-refractivity contribution is 9.10. The van der Waals surface area contributed by atoms with Crippen LogP contribution in [0.4, 0.5) is 0 Å². The smallest absolute Gasteiger partial charge is 0.161 e. The number of hydrogen-bond acceptors (Lipinski definition) is 3. The second-order valence-electron chi connectivity index (χ2n) is 3.55. The van der Waals surface area contributed by atoms with E-state index in [0.29, 0.717) is 11.7 Å². The Hall–Kier alpha value is -0.740. The first-order valence-corrected chi connectivity index (χ1v) is 5.24. The molecule has 1 fully saturated rings. The maximum atomic E-state index is 9.59. The molecule has 0 aromatic heterocycles. The van der Waals surface area contributed by atoms with Gasteiger partial charge in [-0.25, -0.2) is 0 Å². The van der Waals surface area contributed by atoms with Crippen LogP contribution in [0.5, 0.6) is 11.5 Å². The number of phenols is 1. The Morgan fingerprint density at radius 3 is 2.71 bits per heavy atom. The molecule has 76 valence electrons. The van der Waals surface area contributed by atoms with Gasteiger partial charge in [0.2, 0.25) is 0 Å². The van der Waals surface area contributed by atoms with E-state index in [1.807, 2.05) is 0 Å². The third kappa shape index (κ3) is 1.60. The van der Waals surface area contributed by atoms with Gasteiger partial charge in [0.15, 0.2) is 11.5 Å². The van der Waals surface area contributed by atoms with Crippen molar-refractivity contribution in [3.05, 3.63) is 22.2 Å². The van der Waals surface area contributed by atoms with E-state index in [0.717, 1.165) is 16.5 Å². The topological polar surface area (TPSA) is 55.5 Å². The first-order valence-electron chi connectivity index (χ1n) is 4.45. The van der Waals surface area contributed by atoms with Gasteiger partial charge in [0, 0.05) is 16.4 Å². The molecule has 0 saturated heterocycles. The number of halogens is 1. The summed E-state index contributed by atoms with van der Waals surface area (Å²) in [6, 6.07) is 3.73. The van der Waals surface area contributed by atoms with E-state index in [9.17, 15) is 5.11 Å². The molecule has 0 amide bonds. The summed E-state index contributed by atoms with van der Waals surface area (Å²) in [6.45, 7) is 0. The van der Waals surface area contributed by atoms with Crippen LogP contribution in [0.1, 0.15) is 17.9 Å². The van der Waals surface area contributed by atoms with Crippen molar-refractivity contribution >= 4 is 15.9 Å². The van der Waals surface area contributed by atoms with Crippen LogP contribution in [0.15, 0.2) is 16.6 Å². The Labute approximate surface area is 91.0 Å². The number of benzene rings is 1. The highest BCUT2D eigenvalue weighted by Gasteiger charge is 2.36. The van der Waals surface area contributed by atoms with Gasteiger partial charge >= 0.3 is 0 Å². The molecule has 0 aliphatic heterocycles. The standard InChI is InChI=1S/C10H12BrNO2/c1-14-10-4-7(11)5(3-9(10)13)6-2-8(6)12/h3-4,6,8,13H,2,12H2,1H3/t6-,8+/m0/s1. The first-order chi connectivity index (χ1) is 6.63. The summed E-state index contributed by atoms with van der Waals surface area (Å²) in [4.78, 5) is 0. The van der Waals surface area contributed by atoms with E-state index >= 15 is 0 Å². The quantitative estimate of drug-likeness (QED) is 0.852.